The van der Waals surface area contributed by atoms with Crippen molar-refractivity contribution >= 4 is 28.6 Å². The predicted octanol–water partition coefficient (Wildman–Crippen LogP) is 3.52. The van der Waals surface area contributed by atoms with Crippen molar-refractivity contribution in [3.8, 4) is 0 Å². The van der Waals surface area contributed by atoms with Crippen LogP contribution in [0.15, 0.2) is 29.3 Å². The third kappa shape index (κ3) is 3.77. The van der Waals surface area contributed by atoms with Crippen LogP contribution in [-0.4, -0.2) is 28.2 Å². The molecule has 1 saturated carbocycles. The molecule has 1 amide bonds. The number of aromatic nitrogens is 2. The van der Waals surface area contributed by atoms with Gasteiger partial charge in [-0.2, -0.15) is 0 Å². The molecular weight excluding hydrogens is 294 g/mol. The second kappa shape index (κ2) is 7.09. The highest BCUT2D eigenvalue weighted by Crippen LogP contribution is 2.39. The zero-order valence-corrected chi connectivity index (χ0v) is 13.7. The molecule has 5 heteroatoms. The van der Waals surface area contributed by atoms with Crippen molar-refractivity contribution in [1.82, 2.24) is 15.3 Å². The Kier molecular flexibility index (Phi) is 4.93. The van der Waals surface area contributed by atoms with E-state index in [-0.39, 0.29) is 5.91 Å². The van der Waals surface area contributed by atoms with Crippen LogP contribution < -0.4 is 5.32 Å². The lowest BCUT2D eigenvalue weighted by atomic mass is 10.2. The summed E-state index contributed by atoms with van der Waals surface area (Å²) in [5, 5.41) is 4.92. The van der Waals surface area contributed by atoms with Gasteiger partial charge in [0.05, 0.1) is 11.3 Å². The van der Waals surface area contributed by atoms with Crippen molar-refractivity contribution in [2.45, 2.75) is 43.6 Å². The molecule has 0 radical (unpaired) electrons. The van der Waals surface area contributed by atoms with Gasteiger partial charge in [-0.3, -0.25) is 4.79 Å². The smallest absolute Gasteiger partial charge is 0.230 e. The van der Waals surface area contributed by atoms with E-state index in [1.165, 1.54) is 24.6 Å². The number of hydrogen-bond acceptors (Lipinski definition) is 4. The zero-order chi connectivity index (χ0) is 15.4. The molecule has 1 heterocycles. The molecule has 4 nitrogen and oxygen atoms in total. The third-order valence-electron chi connectivity index (χ3n) is 3.72. The number of fused-ring (bicyclic) bond motifs is 1. The zero-order valence-electron chi connectivity index (χ0n) is 12.8. The fourth-order valence-electron chi connectivity index (χ4n) is 2.29. The summed E-state index contributed by atoms with van der Waals surface area (Å²) in [6.07, 6.45) is 4.48. The van der Waals surface area contributed by atoms with Crippen LogP contribution >= 0.6 is 11.8 Å². The van der Waals surface area contributed by atoms with E-state index in [2.05, 4.69) is 17.2 Å². The molecule has 1 N–H and O–H groups in total. The fraction of sp³-hybridized carbons (Fsp3) is 0.471. The summed E-state index contributed by atoms with van der Waals surface area (Å²) in [5.41, 5.74) is 0.980. The summed E-state index contributed by atoms with van der Waals surface area (Å²) in [4.78, 5) is 21.2. The van der Waals surface area contributed by atoms with Crippen molar-refractivity contribution in [3.63, 3.8) is 0 Å². The molecule has 3 rings (SSSR count). The lowest BCUT2D eigenvalue weighted by Gasteiger charge is -2.08. The van der Waals surface area contributed by atoms with Crippen molar-refractivity contribution in [3.05, 3.63) is 30.1 Å². The first-order valence-electron chi connectivity index (χ1n) is 7.94. The van der Waals surface area contributed by atoms with Crippen LogP contribution in [0.3, 0.4) is 0 Å². The molecule has 1 aromatic carbocycles. The van der Waals surface area contributed by atoms with Crippen LogP contribution in [0.2, 0.25) is 0 Å². The van der Waals surface area contributed by atoms with Crippen LogP contribution in [-0.2, 0) is 4.79 Å². The molecular formula is C17H21N3OS. The van der Waals surface area contributed by atoms with Gasteiger partial charge in [-0.1, -0.05) is 43.3 Å². The maximum Gasteiger partial charge on any atom is 0.230 e. The lowest BCUT2D eigenvalue weighted by Crippen LogP contribution is -2.26. The minimum Gasteiger partial charge on any atom is -0.355 e. The van der Waals surface area contributed by atoms with Gasteiger partial charge in [-0.15, -0.1) is 0 Å². The van der Waals surface area contributed by atoms with Gasteiger partial charge in [-0.05, 0) is 25.3 Å². The molecule has 0 aliphatic heterocycles. The van der Waals surface area contributed by atoms with E-state index in [1.807, 2.05) is 24.3 Å². The number of benzene rings is 1. The summed E-state index contributed by atoms with van der Waals surface area (Å²) in [7, 11) is 0. The first kappa shape index (κ1) is 15.3. The highest BCUT2D eigenvalue weighted by atomic mass is 32.2. The normalized spacial score (nSPS) is 14.2. The monoisotopic (exact) mass is 315 g/mol. The molecule has 0 unspecified atom stereocenters. The van der Waals surface area contributed by atoms with Gasteiger partial charge in [0.25, 0.3) is 0 Å². The average molecular weight is 315 g/mol. The molecule has 116 valence electrons. The van der Waals surface area contributed by atoms with E-state index in [9.17, 15) is 4.79 Å². The Hall–Kier alpha value is -1.62. The summed E-state index contributed by atoms with van der Waals surface area (Å²) >= 11 is 1.51. The molecule has 0 atom stereocenters. The topological polar surface area (TPSA) is 54.9 Å². The van der Waals surface area contributed by atoms with Crippen molar-refractivity contribution in [2.75, 3.05) is 12.3 Å². The molecule has 0 saturated heterocycles. The Morgan fingerprint density at radius 1 is 1.32 bits per heavy atom. The van der Waals surface area contributed by atoms with Crippen LogP contribution in [0.5, 0.6) is 0 Å². The Balaban J connectivity index is 1.73. The Bertz CT molecular complexity index is 670. The fourth-order valence-corrected chi connectivity index (χ4v) is 3.14. The molecule has 1 aromatic heterocycles. The summed E-state index contributed by atoms with van der Waals surface area (Å²) in [6.45, 7) is 2.88. The number of rotatable bonds is 7. The molecule has 0 spiro atoms. The van der Waals surface area contributed by atoms with Gasteiger partial charge >= 0.3 is 0 Å². The molecule has 22 heavy (non-hydrogen) atoms. The highest BCUT2D eigenvalue weighted by Gasteiger charge is 2.27. The van der Waals surface area contributed by atoms with E-state index >= 15 is 0 Å². The van der Waals surface area contributed by atoms with Crippen molar-refractivity contribution in [1.29, 1.82) is 0 Å². The molecule has 0 bridgehead atoms. The average Bonchev–Trinajstić information content (AvgIpc) is 3.37. The quantitative estimate of drug-likeness (QED) is 0.482. The Morgan fingerprint density at radius 2 is 2.14 bits per heavy atom. The molecule has 2 aromatic rings. The standard InChI is InChI=1S/C17H21N3OS/c1-2-3-10-18-15(21)11-22-17-13-6-4-5-7-14(13)19-16(20-17)12-8-9-12/h4-7,12H,2-3,8-11H2,1H3,(H,18,21). The highest BCUT2D eigenvalue weighted by molar-refractivity contribution is 8.00. The number of unbranched alkanes of at least 4 members (excludes halogenated alkanes) is 1. The third-order valence-corrected chi connectivity index (χ3v) is 4.71. The van der Waals surface area contributed by atoms with Gasteiger partial charge in [0.1, 0.15) is 10.9 Å². The van der Waals surface area contributed by atoms with E-state index in [0.717, 1.165) is 41.1 Å². The number of para-hydroxylation sites is 1. The number of nitrogens with one attached hydrogen (secondary N) is 1. The first-order chi connectivity index (χ1) is 10.8. The van der Waals surface area contributed by atoms with E-state index < -0.39 is 0 Å². The summed E-state index contributed by atoms with van der Waals surface area (Å²) in [5.74, 6) is 1.94. The maximum atomic E-state index is 11.9. The van der Waals surface area contributed by atoms with Gasteiger partial charge in [0.2, 0.25) is 5.91 Å². The number of carbonyl (C=O) groups is 1. The second-order valence-electron chi connectivity index (χ2n) is 5.67. The van der Waals surface area contributed by atoms with Gasteiger partial charge in [0.15, 0.2) is 0 Å². The lowest BCUT2D eigenvalue weighted by molar-refractivity contribution is -0.118. The predicted molar refractivity (Wildman–Crippen MR) is 90.2 cm³/mol. The van der Waals surface area contributed by atoms with Gasteiger partial charge < -0.3 is 5.32 Å². The van der Waals surface area contributed by atoms with E-state index in [0.29, 0.717) is 11.7 Å². The van der Waals surface area contributed by atoms with Crippen LogP contribution in [0.25, 0.3) is 10.9 Å². The first-order valence-corrected chi connectivity index (χ1v) is 8.92. The molecule has 1 aliphatic carbocycles. The number of nitrogens with zero attached hydrogens (tertiary/aromatic N) is 2. The van der Waals surface area contributed by atoms with E-state index in [1.54, 1.807) is 0 Å². The van der Waals surface area contributed by atoms with Crippen LogP contribution in [0, 0.1) is 0 Å². The number of carbonyl (C=O) groups excluding carboxylic acids is 1. The summed E-state index contributed by atoms with van der Waals surface area (Å²) in [6, 6.07) is 8.05. The number of thioether (sulfide) groups is 1. The van der Waals surface area contributed by atoms with Gasteiger partial charge in [0, 0.05) is 17.8 Å². The largest absolute Gasteiger partial charge is 0.355 e. The number of hydrogen-bond donors (Lipinski definition) is 1. The molecule has 1 fully saturated rings. The second-order valence-corrected chi connectivity index (χ2v) is 6.63. The van der Waals surface area contributed by atoms with E-state index in [4.69, 9.17) is 4.98 Å². The van der Waals surface area contributed by atoms with Crippen molar-refractivity contribution < 1.29 is 4.79 Å². The summed E-state index contributed by atoms with van der Waals surface area (Å²) < 4.78 is 0. The Morgan fingerprint density at radius 3 is 2.91 bits per heavy atom. The minimum atomic E-state index is 0.0779. The maximum absolute atomic E-state index is 11.9. The number of amides is 1. The van der Waals surface area contributed by atoms with Crippen molar-refractivity contribution in [2.24, 2.45) is 0 Å². The minimum absolute atomic E-state index is 0.0779. The van der Waals surface area contributed by atoms with Gasteiger partial charge in [-0.25, -0.2) is 9.97 Å². The SMILES string of the molecule is CCCCNC(=O)CSc1nc(C2CC2)nc2ccccc12. The van der Waals surface area contributed by atoms with Crippen LogP contribution in [0.1, 0.15) is 44.3 Å². The Labute approximate surface area is 135 Å². The van der Waals surface area contributed by atoms with Crippen LogP contribution in [0.4, 0.5) is 0 Å². The molecule has 1 aliphatic rings.